The highest BCUT2D eigenvalue weighted by molar-refractivity contribution is 5.78. The van der Waals surface area contributed by atoms with E-state index in [1.165, 1.54) is 0 Å². The zero-order valence-corrected chi connectivity index (χ0v) is 12.3. The number of piperidine rings is 1. The highest BCUT2D eigenvalue weighted by Crippen LogP contribution is 2.36. The first kappa shape index (κ1) is 17.8. The van der Waals surface area contributed by atoms with Gasteiger partial charge in [0.1, 0.15) is 6.61 Å². The molecule has 0 unspecified atom stereocenters. The van der Waals surface area contributed by atoms with Crippen molar-refractivity contribution in [1.82, 2.24) is 4.90 Å². The average molecular weight is 307 g/mol. The van der Waals surface area contributed by atoms with Crippen LogP contribution in [0.15, 0.2) is 0 Å². The Kier molecular flexibility index (Phi) is 7.01. The summed E-state index contributed by atoms with van der Waals surface area (Å²) in [5.74, 6) is -0.962. The summed E-state index contributed by atoms with van der Waals surface area (Å²) in [6.45, 7) is 2.06. The minimum atomic E-state index is -2.53. The number of nitrogens with zero attached hydrogens (tertiary/aromatic N) is 1. The van der Waals surface area contributed by atoms with Crippen molar-refractivity contribution in [3.05, 3.63) is 0 Å². The van der Waals surface area contributed by atoms with Gasteiger partial charge in [0.25, 0.3) is 6.43 Å². The molecule has 1 saturated heterocycles. The van der Waals surface area contributed by atoms with Gasteiger partial charge >= 0.3 is 5.97 Å². The molecule has 122 valence electrons. The van der Waals surface area contributed by atoms with Crippen LogP contribution in [0, 0.1) is 5.41 Å². The van der Waals surface area contributed by atoms with Crippen LogP contribution in [-0.2, 0) is 14.3 Å². The third-order valence-electron chi connectivity index (χ3n) is 3.96. The SMILES string of the molecule is CCCC1(C(=O)O)CCN(C(=O)CCOCC(F)F)CC1. The van der Waals surface area contributed by atoms with E-state index in [1.807, 2.05) is 6.92 Å². The van der Waals surface area contributed by atoms with Crippen molar-refractivity contribution in [3.8, 4) is 0 Å². The summed E-state index contributed by atoms with van der Waals surface area (Å²) in [5.41, 5.74) is -0.724. The molecule has 1 heterocycles. The smallest absolute Gasteiger partial charge is 0.309 e. The van der Waals surface area contributed by atoms with Crippen LogP contribution < -0.4 is 0 Å². The second kappa shape index (κ2) is 8.26. The molecule has 21 heavy (non-hydrogen) atoms. The molecule has 0 aromatic carbocycles. The van der Waals surface area contributed by atoms with Crippen molar-refractivity contribution in [2.24, 2.45) is 5.41 Å². The van der Waals surface area contributed by atoms with Gasteiger partial charge in [-0.2, -0.15) is 0 Å². The van der Waals surface area contributed by atoms with Gasteiger partial charge in [-0.05, 0) is 19.3 Å². The maximum Gasteiger partial charge on any atom is 0.309 e. The van der Waals surface area contributed by atoms with Crippen LogP contribution in [0.25, 0.3) is 0 Å². The zero-order chi connectivity index (χ0) is 15.9. The number of halogens is 2. The fraction of sp³-hybridized carbons (Fsp3) is 0.857. The van der Waals surface area contributed by atoms with Crippen LogP contribution in [0.3, 0.4) is 0 Å². The minimum Gasteiger partial charge on any atom is -0.481 e. The zero-order valence-electron chi connectivity index (χ0n) is 12.3. The fourth-order valence-electron chi connectivity index (χ4n) is 2.72. The van der Waals surface area contributed by atoms with E-state index in [2.05, 4.69) is 4.74 Å². The molecule has 0 atom stereocenters. The topological polar surface area (TPSA) is 66.8 Å². The van der Waals surface area contributed by atoms with Crippen LogP contribution in [0.5, 0.6) is 0 Å². The predicted molar refractivity (Wildman–Crippen MR) is 72.2 cm³/mol. The molecule has 0 spiro atoms. The van der Waals surface area contributed by atoms with Crippen molar-refractivity contribution in [3.63, 3.8) is 0 Å². The Bertz CT molecular complexity index is 355. The molecule has 1 rings (SSSR count). The van der Waals surface area contributed by atoms with Crippen LogP contribution in [0.2, 0.25) is 0 Å². The van der Waals surface area contributed by atoms with Gasteiger partial charge in [0, 0.05) is 13.1 Å². The second-order valence-corrected chi connectivity index (χ2v) is 5.43. The molecule has 1 aliphatic heterocycles. The average Bonchev–Trinajstić information content (AvgIpc) is 2.44. The summed E-state index contributed by atoms with van der Waals surface area (Å²) in [6.07, 6.45) is -0.177. The number of ether oxygens (including phenoxy) is 1. The number of likely N-dealkylation sites (tertiary alicyclic amines) is 1. The molecular formula is C14H23F2NO4. The third kappa shape index (κ3) is 5.22. The lowest BCUT2D eigenvalue weighted by molar-refractivity contribution is -0.155. The number of aliphatic carboxylic acids is 1. The molecule has 1 N–H and O–H groups in total. The molecular weight excluding hydrogens is 284 g/mol. The largest absolute Gasteiger partial charge is 0.481 e. The van der Waals surface area contributed by atoms with Crippen molar-refractivity contribution >= 4 is 11.9 Å². The monoisotopic (exact) mass is 307 g/mol. The highest BCUT2D eigenvalue weighted by Gasteiger charge is 2.41. The molecule has 7 heteroatoms. The van der Waals surface area contributed by atoms with Gasteiger partial charge < -0.3 is 14.7 Å². The number of hydrogen-bond donors (Lipinski definition) is 1. The Morgan fingerprint density at radius 2 is 1.95 bits per heavy atom. The van der Waals surface area contributed by atoms with Gasteiger partial charge in [-0.25, -0.2) is 8.78 Å². The lowest BCUT2D eigenvalue weighted by Crippen LogP contribution is -2.46. The molecule has 0 bridgehead atoms. The summed E-state index contributed by atoms with van der Waals surface area (Å²) in [7, 11) is 0. The first-order valence-corrected chi connectivity index (χ1v) is 7.28. The summed E-state index contributed by atoms with van der Waals surface area (Å²) >= 11 is 0. The fourth-order valence-corrected chi connectivity index (χ4v) is 2.72. The van der Waals surface area contributed by atoms with Gasteiger partial charge in [0.15, 0.2) is 0 Å². The number of carboxylic acid groups (broad SMARTS) is 1. The molecule has 1 aliphatic rings. The first-order valence-electron chi connectivity index (χ1n) is 7.28. The second-order valence-electron chi connectivity index (χ2n) is 5.43. The first-order chi connectivity index (χ1) is 9.91. The molecule has 1 fully saturated rings. The maximum atomic E-state index is 11.9. The van der Waals surface area contributed by atoms with E-state index >= 15 is 0 Å². The number of carbonyl (C=O) groups excluding carboxylic acids is 1. The van der Waals surface area contributed by atoms with Gasteiger partial charge in [-0.15, -0.1) is 0 Å². The van der Waals surface area contributed by atoms with Gasteiger partial charge in [0.05, 0.1) is 18.4 Å². The van der Waals surface area contributed by atoms with Crippen molar-refractivity contribution in [2.45, 2.75) is 45.5 Å². The van der Waals surface area contributed by atoms with E-state index in [1.54, 1.807) is 4.90 Å². The number of rotatable bonds is 8. The summed E-state index contributed by atoms with van der Waals surface area (Å²) in [4.78, 5) is 24.9. The quantitative estimate of drug-likeness (QED) is 0.698. The van der Waals surface area contributed by atoms with Gasteiger partial charge in [-0.3, -0.25) is 9.59 Å². The lowest BCUT2D eigenvalue weighted by atomic mass is 9.75. The molecule has 5 nitrogen and oxygen atoms in total. The highest BCUT2D eigenvalue weighted by atomic mass is 19.3. The van der Waals surface area contributed by atoms with E-state index < -0.39 is 24.4 Å². The number of alkyl halides is 2. The molecule has 0 aliphatic carbocycles. The minimum absolute atomic E-state index is 0.0291. The van der Waals surface area contributed by atoms with E-state index in [0.717, 1.165) is 6.42 Å². The lowest BCUT2D eigenvalue weighted by Gasteiger charge is -2.38. The van der Waals surface area contributed by atoms with Gasteiger partial charge in [0.2, 0.25) is 5.91 Å². The Labute approximate surface area is 123 Å². The standard InChI is InChI=1S/C14H23F2NO4/c1-2-4-14(13(19)20)5-7-17(8-6-14)12(18)3-9-21-10-11(15)16/h11H,2-10H2,1H3,(H,19,20). The Morgan fingerprint density at radius 1 is 1.33 bits per heavy atom. The van der Waals surface area contributed by atoms with Crippen molar-refractivity contribution in [1.29, 1.82) is 0 Å². The van der Waals surface area contributed by atoms with E-state index in [9.17, 15) is 23.5 Å². The number of carbonyl (C=O) groups is 2. The number of hydrogen-bond acceptors (Lipinski definition) is 3. The number of amides is 1. The van der Waals surface area contributed by atoms with E-state index in [4.69, 9.17) is 0 Å². The Morgan fingerprint density at radius 3 is 2.43 bits per heavy atom. The van der Waals surface area contributed by atoms with Crippen LogP contribution >= 0.6 is 0 Å². The number of carboxylic acids is 1. The predicted octanol–water partition coefficient (Wildman–Crippen LogP) is 2.15. The van der Waals surface area contributed by atoms with Crippen molar-refractivity contribution in [2.75, 3.05) is 26.3 Å². The van der Waals surface area contributed by atoms with Crippen LogP contribution in [0.4, 0.5) is 8.78 Å². The summed E-state index contributed by atoms with van der Waals surface area (Å²) in [6, 6.07) is 0. The van der Waals surface area contributed by atoms with Crippen LogP contribution in [-0.4, -0.2) is 54.6 Å². The molecule has 0 aromatic rings. The Balaban J connectivity index is 2.37. The summed E-state index contributed by atoms with van der Waals surface area (Å²) in [5, 5.41) is 9.38. The van der Waals surface area contributed by atoms with Crippen molar-refractivity contribution < 1.29 is 28.2 Å². The molecule has 0 radical (unpaired) electrons. The van der Waals surface area contributed by atoms with E-state index in [0.29, 0.717) is 32.4 Å². The Hall–Kier alpha value is -1.24. The van der Waals surface area contributed by atoms with E-state index in [-0.39, 0.29) is 18.9 Å². The molecule has 1 amide bonds. The van der Waals surface area contributed by atoms with Gasteiger partial charge in [-0.1, -0.05) is 13.3 Å². The molecule has 0 aromatic heterocycles. The summed E-state index contributed by atoms with van der Waals surface area (Å²) < 4.78 is 28.4. The normalized spacial score (nSPS) is 18.0. The van der Waals surface area contributed by atoms with Crippen LogP contribution in [0.1, 0.15) is 39.0 Å². The maximum absolute atomic E-state index is 11.9. The molecule has 0 saturated carbocycles. The third-order valence-corrected chi connectivity index (χ3v) is 3.96.